The molecule has 3 N–H and O–H groups in total. The third kappa shape index (κ3) is 6.78. The van der Waals surface area contributed by atoms with Gasteiger partial charge in [0.05, 0.1) is 0 Å². The fraction of sp³-hybridized carbons (Fsp3) is 0.818. The van der Waals surface area contributed by atoms with Crippen molar-refractivity contribution in [3.8, 4) is 0 Å². The van der Waals surface area contributed by atoms with Crippen LogP contribution in [0.1, 0.15) is 27.2 Å². The lowest BCUT2D eigenvalue weighted by molar-refractivity contribution is -0.139. The summed E-state index contributed by atoms with van der Waals surface area (Å²) in [6.45, 7) is 7.08. The number of carboxylic acids is 1. The van der Waals surface area contributed by atoms with E-state index in [1.807, 2.05) is 7.05 Å². The van der Waals surface area contributed by atoms with E-state index in [4.69, 9.17) is 5.11 Å². The van der Waals surface area contributed by atoms with Crippen LogP contribution in [-0.2, 0) is 4.79 Å². The first-order valence-corrected chi connectivity index (χ1v) is 5.85. The number of hydrogen-bond donors (Lipinski definition) is 3. The molecule has 0 bridgehead atoms. The summed E-state index contributed by atoms with van der Waals surface area (Å²) in [7, 11) is 1.97. The molecule has 0 aromatic heterocycles. The van der Waals surface area contributed by atoms with Crippen LogP contribution in [0.5, 0.6) is 0 Å². The van der Waals surface area contributed by atoms with Crippen LogP contribution in [-0.4, -0.2) is 54.2 Å². The lowest BCUT2D eigenvalue weighted by Crippen LogP contribution is -2.47. The van der Waals surface area contributed by atoms with Crippen molar-refractivity contribution >= 4 is 12.0 Å². The zero-order valence-electron chi connectivity index (χ0n) is 11.0. The molecule has 0 radical (unpaired) electrons. The second kappa shape index (κ2) is 7.89. The van der Waals surface area contributed by atoms with Crippen LogP contribution in [0, 0.1) is 0 Å². The molecule has 0 heterocycles. The van der Waals surface area contributed by atoms with Gasteiger partial charge in [0.25, 0.3) is 0 Å². The van der Waals surface area contributed by atoms with E-state index >= 15 is 0 Å². The number of aliphatic carboxylic acids is 1. The second-order valence-electron chi connectivity index (χ2n) is 4.27. The zero-order chi connectivity index (χ0) is 13.4. The highest BCUT2D eigenvalue weighted by atomic mass is 16.4. The first kappa shape index (κ1) is 15.7. The van der Waals surface area contributed by atoms with E-state index in [-0.39, 0.29) is 0 Å². The normalized spacial score (nSPS) is 12.6. The molecule has 0 rings (SSSR count). The van der Waals surface area contributed by atoms with E-state index in [0.29, 0.717) is 19.0 Å². The summed E-state index contributed by atoms with van der Waals surface area (Å²) in [5, 5.41) is 13.8. The molecule has 0 aromatic rings. The lowest BCUT2D eigenvalue weighted by atomic mass is 10.2. The summed E-state index contributed by atoms with van der Waals surface area (Å²) in [6.07, 6.45) is 0.370. The molecule has 0 fully saturated rings. The Balaban J connectivity index is 3.83. The van der Waals surface area contributed by atoms with E-state index in [0.717, 1.165) is 6.54 Å². The van der Waals surface area contributed by atoms with Crippen LogP contribution in [0.2, 0.25) is 0 Å². The van der Waals surface area contributed by atoms with Crippen LogP contribution < -0.4 is 10.6 Å². The predicted molar refractivity (Wildman–Crippen MR) is 66.0 cm³/mol. The Hall–Kier alpha value is -1.30. The molecule has 2 amide bonds. The molecule has 1 atom stereocenters. The molecule has 0 aliphatic rings. The highest BCUT2D eigenvalue weighted by Gasteiger charge is 2.16. The number of nitrogens with one attached hydrogen (secondary N) is 2. The van der Waals surface area contributed by atoms with Gasteiger partial charge in [0.1, 0.15) is 6.04 Å². The molecule has 0 unspecified atom stereocenters. The standard InChI is InChI=1S/C11H23N3O3/c1-5-9(10(15)16)13-11(17)12-6-7-14(4)8(2)3/h8-9H,5-7H2,1-4H3,(H,15,16)(H2,12,13,17)/t9-/m0/s1. The molecule has 0 spiro atoms. The SMILES string of the molecule is CC[C@H](NC(=O)NCCN(C)C(C)C)C(=O)O. The van der Waals surface area contributed by atoms with Gasteiger partial charge in [0, 0.05) is 19.1 Å². The number of nitrogens with zero attached hydrogens (tertiary/aromatic N) is 1. The number of rotatable bonds is 7. The van der Waals surface area contributed by atoms with E-state index in [1.165, 1.54) is 0 Å². The van der Waals surface area contributed by atoms with Crippen molar-refractivity contribution in [3.63, 3.8) is 0 Å². The highest BCUT2D eigenvalue weighted by Crippen LogP contribution is 1.92. The number of carbonyl (C=O) groups excluding carboxylic acids is 1. The van der Waals surface area contributed by atoms with E-state index in [1.54, 1.807) is 6.92 Å². The van der Waals surface area contributed by atoms with Crippen molar-refractivity contribution in [1.29, 1.82) is 0 Å². The number of carboxylic acid groups (broad SMARTS) is 1. The molecule has 6 nitrogen and oxygen atoms in total. The molecule has 0 saturated heterocycles. The van der Waals surface area contributed by atoms with Crippen molar-refractivity contribution in [3.05, 3.63) is 0 Å². The van der Waals surface area contributed by atoms with Gasteiger partial charge >= 0.3 is 12.0 Å². The summed E-state index contributed by atoms with van der Waals surface area (Å²) in [6, 6.07) is -0.837. The third-order valence-corrected chi connectivity index (χ3v) is 2.64. The van der Waals surface area contributed by atoms with Crippen LogP contribution >= 0.6 is 0 Å². The van der Waals surface area contributed by atoms with Gasteiger partial charge in [0.2, 0.25) is 0 Å². The summed E-state index contributed by atoms with van der Waals surface area (Å²) in [5.74, 6) is -1.01. The van der Waals surface area contributed by atoms with Gasteiger partial charge in [-0.2, -0.15) is 0 Å². The van der Waals surface area contributed by atoms with Crippen LogP contribution in [0.25, 0.3) is 0 Å². The van der Waals surface area contributed by atoms with Gasteiger partial charge in [0.15, 0.2) is 0 Å². The topological polar surface area (TPSA) is 81.7 Å². The molecular weight excluding hydrogens is 222 g/mol. The van der Waals surface area contributed by atoms with Crippen molar-refractivity contribution < 1.29 is 14.7 Å². The maximum Gasteiger partial charge on any atom is 0.326 e. The van der Waals surface area contributed by atoms with Crippen molar-refractivity contribution in [2.24, 2.45) is 0 Å². The number of likely N-dealkylation sites (N-methyl/N-ethyl adjacent to an activating group) is 1. The summed E-state index contributed by atoms with van der Waals surface area (Å²) in [4.78, 5) is 24.1. The molecule has 17 heavy (non-hydrogen) atoms. The Morgan fingerprint density at radius 2 is 1.94 bits per heavy atom. The fourth-order valence-electron chi connectivity index (χ4n) is 1.15. The van der Waals surface area contributed by atoms with Crippen molar-refractivity contribution in [2.45, 2.75) is 39.3 Å². The third-order valence-electron chi connectivity index (χ3n) is 2.64. The Bertz CT molecular complexity index is 256. The van der Waals surface area contributed by atoms with Gasteiger partial charge in [-0.05, 0) is 27.3 Å². The fourth-order valence-corrected chi connectivity index (χ4v) is 1.15. The van der Waals surface area contributed by atoms with Gasteiger partial charge in [-0.1, -0.05) is 6.92 Å². The minimum atomic E-state index is -1.01. The molecule has 0 aliphatic heterocycles. The smallest absolute Gasteiger partial charge is 0.326 e. The van der Waals surface area contributed by atoms with Gasteiger partial charge in [-0.3, -0.25) is 0 Å². The predicted octanol–water partition coefficient (Wildman–Crippen LogP) is 0.489. The Kier molecular flexibility index (Phi) is 7.29. The summed E-state index contributed by atoms with van der Waals surface area (Å²) in [5.41, 5.74) is 0. The zero-order valence-corrected chi connectivity index (χ0v) is 11.0. The first-order valence-electron chi connectivity index (χ1n) is 5.85. The van der Waals surface area contributed by atoms with Gasteiger partial charge in [-0.15, -0.1) is 0 Å². The van der Waals surface area contributed by atoms with Crippen LogP contribution in [0.15, 0.2) is 0 Å². The van der Waals surface area contributed by atoms with Gasteiger partial charge in [-0.25, -0.2) is 9.59 Å². The average Bonchev–Trinajstić information content (AvgIpc) is 2.25. The minimum Gasteiger partial charge on any atom is -0.480 e. The number of urea groups is 1. The Morgan fingerprint density at radius 1 is 1.35 bits per heavy atom. The Morgan fingerprint density at radius 3 is 2.35 bits per heavy atom. The number of amides is 2. The maximum absolute atomic E-state index is 11.4. The van der Waals surface area contributed by atoms with Crippen LogP contribution in [0.4, 0.5) is 4.79 Å². The summed E-state index contributed by atoms with van der Waals surface area (Å²) >= 11 is 0. The van der Waals surface area contributed by atoms with Gasteiger partial charge < -0.3 is 20.6 Å². The lowest BCUT2D eigenvalue weighted by Gasteiger charge is -2.21. The maximum atomic E-state index is 11.4. The minimum absolute atomic E-state index is 0.370. The van der Waals surface area contributed by atoms with E-state index in [9.17, 15) is 9.59 Å². The molecule has 0 aromatic carbocycles. The average molecular weight is 245 g/mol. The summed E-state index contributed by atoms with van der Waals surface area (Å²) < 4.78 is 0. The molecule has 0 aliphatic carbocycles. The van der Waals surface area contributed by atoms with E-state index < -0.39 is 18.0 Å². The monoisotopic (exact) mass is 245 g/mol. The molecule has 100 valence electrons. The van der Waals surface area contributed by atoms with Crippen molar-refractivity contribution in [2.75, 3.05) is 20.1 Å². The first-order chi connectivity index (χ1) is 7.88. The van der Waals surface area contributed by atoms with Crippen molar-refractivity contribution in [1.82, 2.24) is 15.5 Å². The van der Waals surface area contributed by atoms with Crippen LogP contribution in [0.3, 0.4) is 0 Å². The quantitative estimate of drug-likeness (QED) is 0.609. The molecule has 6 heteroatoms. The molecular formula is C11H23N3O3. The Labute approximate surface area is 102 Å². The number of hydrogen-bond acceptors (Lipinski definition) is 3. The largest absolute Gasteiger partial charge is 0.480 e. The van der Waals surface area contributed by atoms with E-state index in [2.05, 4.69) is 29.4 Å². The second-order valence-corrected chi connectivity index (χ2v) is 4.27. The molecule has 0 saturated carbocycles. The highest BCUT2D eigenvalue weighted by molar-refractivity contribution is 5.82. The number of carbonyl (C=O) groups is 2.